The third kappa shape index (κ3) is 2.49. The molecule has 2 aliphatic heterocycles. The fraction of sp³-hybridized carbons (Fsp3) is 0.812. The highest BCUT2D eigenvalue weighted by atomic mass is 32.1. The Balaban J connectivity index is 1.58. The molecule has 3 atom stereocenters. The normalized spacial score (nSPS) is 33.6. The summed E-state index contributed by atoms with van der Waals surface area (Å²) >= 11 is 1.91. The zero-order chi connectivity index (χ0) is 14.4. The lowest BCUT2D eigenvalue weighted by atomic mass is 9.97. The van der Waals surface area contributed by atoms with Gasteiger partial charge in [-0.3, -0.25) is 4.90 Å². The Morgan fingerprint density at radius 1 is 1.19 bits per heavy atom. The maximum Gasteiger partial charge on any atom is 0.186 e. The Morgan fingerprint density at radius 2 is 2.10 bits per heavy atom. The van der Waals surface area contributed by atoms with E-state index in [1.165, 1.54) is 60.9 Å². The van der Waals surface area contributed by atoms with E-state index >= 15 is 0 Å². The van der Waals surface area contributed by atoms with Crippen LogP contribution in [0.4, 0.5) is 5.13 Å². The molecule has 0 amide bonds. The first kappa shape index (κ1) is 14.0. The summed E-state index contributed by atoms with van der Waals surface area (Å²) in [7, 11) is 0. The number of aryl methyl sites for hydroxylation is 1. The standard InChI is InChI=1S/C16H26N4S/c1-11-9-19-8-3-2-5-12(19)10-20(11)16-18-15-13(17)6-4-7-14(15)21-16/h11-13H,2-10,17H2,1H3. The number of rotatable bonds is 1. The quantitative estimate of drug-likeness (QED) is 0.866. The lowest BCUT2D eigenvalue weighted by Gasteiger charge is -2.47. The van der Waals surface area contributed by atoms with Crippen molar-refractivity contribution in [3.05, 3.63) is 10.6 Å². The zero-order valence-corrected chi connectivity index (χ0v) is 13.7. The number of aromatic nitrogens is 1. The van der Waals surface area contributed by atoms with Crippen molar-refractivity contribution in [2.24, 2.45) is 5.73 Å². The summed E-state index contributed by atoms with van der Waals surface area (Å²) in [5, 5.41) is 1.23. The first-order chi connectivity index (χ1) is 10.2. The van der Waals surface area contributed by atoms with E-state index in [-0.39, 0.29) is 6.04 Å². The van der Waals surface area contributed by atoms with Crippen LogP contribution in [0.3, 0.4) is 0 Å². The number of piperidine rings is 1. The fourth-order valence-corrected chi connectivity index (χ4v) is 5.46. The van der Waals surface area contributed by atoms with Crippen molar-refractivity contribution in [2.75, 3.05) is 24.5 Å². The highest BCUT2D eigenvalue weighted by Crippen LogP contribution is 2.37. The van der Waals surface area contributed by atoms with Gasteiger partial charge in [0.15, 0.2) is 5.13 Å². The number of anilines is 1. The molecular formula is C16H26N4S. The van der Waals surface area contributed by atoms with Gasteiger partial charge in [-0.25, -0.2) is 4.98 Å². The van der Waals surface area contributed by atoms with Gasteiger partial charge < -0.3 is 10.6 Å². The Hall–Kier alpha value is -0.650. The molecule has 2 fully saturated rings. The summed E-state index contributed by atoms with van der Waals surface area (Å²) in [6, 6.07) is 1.48. The maximum absolute atomic E-state index is 6.25. The van der Waals surface area contributed by atoms with Crippen LogP contribution >= 0.6 is 11.3 Å². The average molecular weight is 306 g/mol. The van der Waals surface area contributed by atoms with Crippen molar-refractivity contribution in [2.45, 2.75) is 63.6 Å². The van der Waals surface area contributed by atoms with Gasteiger partial charge in [-0.2, -0.15) is 0 Å². The number of fused-ring (bicyclic) bond motifs is 2. The molecule has 21 heavy (non-hydrogen) atoms. The van der Waals surface area contributed by atoms with Crippen LogP contribution in [0.25, 0.3) is 0 Å². The molecular weight excluding hydrogens is 280 g/mol. The van der Waals surface area contributed by atoms with E-state index in [1.54, 1.807) is 0 Å². The number of hydrogen-bond acceptors (Lipinski definition) is 5. The maximum atomic E-state index is 6.25. The molecule has 0 radical (unpaired) electrons. The summed E-state index contributed by atoms with van der Waals surface area (Å²) < 4.78 is 0. The summed E-state index contributed by atoms with van der Waals surface area (Å²) in [6.45, 7) is 6.00. The highest BCUT2D eigenvalue weighted by molar-refractivity contribution is 7.15. The number of piperazine rings is 1. The third-order valence-electron chi connectivity index (χ3n) is 5.42. The molecule has 0 aromatic carbocycles. The molecule has 116 valence electrons. The summed E-state index contributed by atoms with van der Waals surface area (Å²) in [6.07, 6.45) is 7.63. The van der Waals surface area contributed by atoms with Crippen LogP contribution in [-0.4, -0.2) is 41.6 Å². The van der Waals surface area contributed by atoms with Crippen molar-refractivity contribution < 1.29 is 0 Å². The van der Waals surface area contributed by atoms with E-state index in [4.69, 9.17) is 10.7 Å². The van der Waals surface area contributed by atoms with Gasteiger partial charge in [-0.1, -0.05) is 6.42 Å². The van der Waals surface area contributed by atoms with Gasteiger partial charge in [0.2, 0.25) is 0 Å². The Kier molecular flexibility index (Phi) is 3.67. The predicted molar refractivity (Wildman–Crippen MR) is 88.0 cm³/mol. The van der Waals surface area contributed by atoms with E-state index in [2.05, 4.69) is 16.7 Å². The minimum Gasteiger partial charge on any atom is -0.343 e. The van der Waals surface area contributed by atoms with E-state index in [9.17, 15) is 0 Å². The minimum atomic E-state index is 0.171. The summed E-state index contributed by atoms with van der Waals surface area (Å²) in [5.74, 6) is 0. The smallest absolute Gasteiger partial charge is 0.186 e. The average Bonchev–Trinajstić information content (AvgIpc) is 2.92. The van der Waals surface area contributed by atoms with Crippen molar-refractivity contribution in [1.29, 1.82) is 0 Å². The van der Waals surface area contributed by atoms with Crippen molar-refractivity contribution >= 4 is 16.5 Å². The molecule has 3 heterocycles. The van der Waals surface area contributed by atoms with Gasteiger partial charge in [-0.05, 0) is 45.6 Å². The van der Waals surface area contributed by atoms with Crippen LogP contribution < -0.4 is 10.6 Å². The Bertz CT molecular complexity index is 514. The first-order valence-electron chi connectivity index (χ1n) is 8.48. The van der Waals surface area contributed by atoms with Crippen LogP contribution in [-0.2, 0) is 6.42 Å². The largest absolute Gasteiger partial charge is 0.343 e. The Labute approximate surface area is 131 Å². The van der Waals surface area contributed by atoms with Crippen molar-refractivity contribution in [3.8, 4) is 0 Å². The van der Waals surface area contributed by atoms with Gasteiger partial charge >= 0.3 is 0 Å². The molecule has 1 aromatic rings. The van der Waals surface area contributed by atoms with Gasteiger partial charge in [0.1, 0.15) is 0 Å². The number of thiazole rings is 1. The number of nitrogens with two attached hydrogens (primary N) is 1. The number of hydrogen-bond donors (Lipinski definition) is 1. The van der Waals surface area contributed by atoms with Gasteiger partial charge in [-0.15, -0.1) is 11.3 Å². The zero-order valence-electron chi connectivity index (χ0n) is 12.9. The highest BCUT2D eigenvalue weighted by Gasteiger charge is 2.35. The second kappa shape index (κ2) is 5.52. The molecule has 3 unspecified atom stereocenters. The fourth-order valence-electron chi connectivity index (χ4n) is 4.18. The van der Waals surface area contributed by atoms with Crippen LogP contribution in [0.5, 0.6) is 0 Å². The Morgan fingerprint density at radius 3 is 2.95 bits per heavy atom. The van der Waals surface area contributed by atoms with E-state index in [0.717, 1.165) is 19.0 Å². The second-order valence-corrected chi connectivity index (χ2v) is 8.01. The van der Waals surface area contributed by atoms with Gasteiger partial charge in [0.05, 0.1) is 5.69 Å². The van der Waals surface area contributed by atoms with E-state index < -0.39 is 0 Å². The topological polar surface area (TPSA) is 45.4 Å². The molecule has 1 aliphatic carbocycles. The molecule has 2 N–H and O–H groups in total. The number of nitrogens with zero attached hydrogens (tertiary/aromatic N) is 3. The van der Waals surface area contributed by atoms with E-state index in [0.29, 0.717) is 6.04 Å². The molecule has 4 nitrogen and oxygen atoms in total. The van der Waals surface area contributed by atoms with Crippen LogP contribution in [0.15, 0.2) is 0 Å². The van der Waals surface area contributed by atoms with Crippen LogP contribution in [0, 0.1) is 0 Å². The third-order valence-corrected chi connectivity index (χ3v) is 6.59. The molecule has 1 aromatic heterocycles. The minimum absolute atomic E-state index is 0.171. The molecule has 0 spiro atoms. The molecule has 2 saturated heterocycles. The predicted octanol–water partition coefficient (Wildman–Crippen LogP) is 2.54. The molecule has 3 aliphatic rings. The monoisotopic (exact) mass is 306 g/mol. The van der Waals surface area contributed by atoms with Crippen molar-refractivity contribution in [3.63, 3.8) is 0 Å². The van der Waals surface area contributed by atoms with Crippen LogP contribution in [0.2, 0.25) is 0 Å². The second-order valence-electron chi connectivity index (χ2n) is 6.95. The van der Waals surface area contributed by atoms with Crippen LogP contribution in [0.1, 0.15) is 55.6 Å². The molecule has 4 rings (SSSR count). The lowest BCUT2D eigenvalue weighted by Crippen LogP contribution is -2.58. The SMILES string of the molecule is CC1CN2CCCCC2CN1c1nc2c(s1)CCCC2N. The molecule has 0 bridgehead atoms. The van der Waals surface area contributed by atoms with Gasteiger partial charge in [0.25, 0.3) is 0 Å². The molecule has 5 heteroatoms. The molecule has 0 saturated carbocycles. The van der Waals surface area contributed by atoms with Crippen molar-refractivity contribution in [1.82, 2.24) is 9.88 Å². The summed E-state index contributed by atoms with van der Waals surface area (Å²) in [5.41, 5.74) is 7.44. The lowest BCUT2D eigenvalue weighted by molar-refractivity contribution is 0.115. The first-order valence-corrected chi connectivity index (χ1v) is 9.30. The van der Waals surface area contributed by atoms with E-state index in [1.807, 2.05) is 11.3 Å². The van der Waals surface area contributed by atoms with Gasteiger partial charge in [0, 0.05) is 36.1 Å². The summed E-state index contributed by atoms with van der Waals surface area (Å²) in [4.78, 5) is 11.6.